The number of alkyl halides is 1. The van der Waals surface area contributed by atoms with E-state index in [2.05, 4.69) is 11.2 Å². The zero-order valence-corrected chi connectivity index (χ0v) is 10.4. The SMILES string of the molecule is Cc1cc(SCCCCCCl)n(C)n1. The molecule has 0 fully saturated rings. The molecule has 0 aliphatic heterocycles. The van der Waals surface area contributed by atoms with Crippen LogP contribution < -0.4 is 0 Å². The Hall–Kier alpha value is -0.150. The summed E-state index contributed by atoms with van der Waals surface area (Å²) in [5.41, 5.74) is 1.09. The lowest BCUT2D eigenvalue weighted by atomic mass is 10.3. The Morgan fingerprint density at radius 2 is 2.21 bits per heavy atom. The lowest BCUT2D eigenvalue weighted by Crippen LogP contribution is -1.93. The molecule has 0 atom stereocenters. The van der Waals surface area contributed by atoms with Crippen LogP contribution in [0.15, 0.2) is 11.1 Å². The van der Waals surface area contributed by atoms with Crippen molar-refractivity contribution in [3.63, 3.8) is 0 Å². The van der Waals surface area contributed by atoms with Crippen molar-refractivity contribution in [2.24, 2.45) is 7.05 Å². The van der Waals surface area contributed by atoms with Gasteiger partial charge in [0.05, 0.1) is 10.7 Å². The number of aromatic nitrogens is 2. The molecular formula is C10H17ClN2S. The lowest BCUT2D eigenvalue weighted by molar-refractivity contribution is 0.691. The van der Waals surface area contributed by atoms with Gasteiger partial charge in [0, 0.05) is 12.9 Å². The van der Waals surface area contributed by atoms with E-state index in [-0.39, 0.29) is 0 Å². The van der Waals surface area contributed by atoms with E-state index in [9.17, 15) is 0 Å². The van der Waals surface area contributed by atoms with E-state index in [0.717, 1.165) is 23.7 Å². The molecule has 0 aromatic carbocycles. The number of hydrogen-bond donors (Lipinski definition) is 0. The molecule has 0 bridgehead atoms. The van der Waals surface area contributed by atoms with E-state index in [1.165, 1.54) is 17.9 Å². The molecule has 1 aromatic rings. The number of nitrogens with zero attached hydrogens (tertiary/aromatic N) is 2. The van der Waals surface area contributed by atoms with Gasteiger partial charge in [-0.3, -0.25) is 4.68 Å². The molecule has 0 spiro atoms. The third-order valence-corrected chi connectivity index (χ3v) is 3.42. The van der Waals surface area contributed by atoms with Gasteiger partial charge in [-0.15, -0.1) is 23.4 Å². The van der Waals surface area contributed by atoms with Crippen LogP contribution >= 0.6 is 23.4 Å². The molecule has 0 saturated carbocycles. The van der Waals surface area contributed by atoms with E-state index in [1.807, 2.05) is 30.4 Å². The van der Waals surface area contributed by atoms with Crippen LogP contribution in [0.1, 0.15) is 25.0 Å². The second kappa shape index (κ2) is 6.36. The van der Waals surface area contributed by atoms with Crippen LogP contribution in [0.2, 0.25) is 0 Å². The highest BCUT2D eigenvalue weighted by molar-refractivity contribution is 7.99. The van der Waals surface area contributed by atoms with Gasteiger partial charge in [-0.2, -0.15) is 5.10 Å². The minimum atomic E-state index is 0.787. The van der Waals surface area contributed by atoms with Gasteiger partial charge >= 0.3 is 0 Å². The van der Waals surface area contributed by atoms with Crippen molar-refractivity contribution in [1.82, 2.24) is 9.78 Å². The fourth-order valence-electron chi connectivity index (χ4n) is 1.27. The highest BCUT2D eigenvalue weighted by atomic mass is 35.5. The zero-order chi connectivity index (χ0) is 10.4. The third-order valence-electron chi connectivity index (χ3n) is 1.99. The van der Waals surface area contributed by atoms with Crippen LogP contribution in [0.5, 0.6) is 0 Å². The summed E-state index contributed by atoms with van der Waals surface area (Å²) in [6.45, 7) is 2.03. The molecular weight excluding hydrogens is 216 g/mol. The maximum absolute atomic E-state index is 5.61. The predicted molar refractivity (Wildman–Crippen MR) is 63.2 cm³/mol. The first-order valence-electron chi connectivity index (χ1n) is 4.93. The lowest BCUT2D eigenvalue weighted by Gasteiger charge is -2.00. The van der Waals surface area contributed by atoms with Crippen LogP contribution in [0.3, 0.4) is 0 Å². The molecule has 14 heavy (non-hydrogen) atoms. The van der Waals surface area contributed by atoms with E-state index in [0.29, 0.717) is 0 Å². The van der Waals surface area contributed by atoms with Crippen LogP contribution in [0.4, 0.5) is 0 Å². The van der Waals surface area contributed by atoms with E-state index < -0.39 is 0 Å². The molecule has 0 amide bonds. The van der Waals surface area contributed by atoms with Gasteiger partial charge in [-0.25, -0.2) is 0 Å². The fraction of sp³-hybridized carbons (Fsp3) is 0.700. The van der Waals surface area contributed by atoms with E-state index in [4.69, 9.17) is 11.6 Å². The summed E-state index contributed by atoms with van der Waals surface area (Å²) < 4.78 is 1.95. The minimum Gasteiger partial charge on any atom is -0.262 e. The van der Waals surface area contributed by atoms with Crippen molar-refractivity contribution in [3.8, 4) is 0 Å². The molecule has 1 aromatic heterocycles. The molecule has 1 rings (SSSR count). The highest BCUT2D eigenvalue weighted by Crippen LogP contribution is 2.19. The summed E-state index contributed by atoms with van der Waals surface area (Å²) in [6, 6.07) is 2.13. The summed E-state index contributed by atoms with van der Waals surface area (Å²) in [7, 11) is 1.99. The molecule has 0 unspecified atom stereocenters. The highest BCUT2D eigenvalue weighted by Gasteiger charge is 2.01. The molecule has 0 N–H and O–H groups in total. The molecule has 1 heterocycles. The van der Waals surface area contributed by atoms with Gasteiger partial charge in [0.2, 0.25) is 0 Å². The molecule has 0 saturated heterocycles. The van der Waals surface area contributed by atoms with Gasteiger partial charge in [-0.1, -0.05) is 6.42 Å². The van der Waals surface area contributed by atoms with Crippen LogP contribution in [0, 0.1) is 6.92 Å². The Balaban J connectivity index is 2.21. The number of thioether (sulfide) groups is 1. The Bertz CT molecular complexity index is 273. The van der Waals surface area contributed by atoms with Gasteiger partial charge in [0.25, 0.3) is 0 Å². The zero-order valence-electron chi connectivity index (χ0n) is 8.79. The topological polar surface area (TPSA) is 17.8 Å². The maximum atomic E-state index is 5.61. The number of aryl methyl sites for hydroxylation is 2. The van der Waals surface area contributed by atoms with Gasteiger partial charge in [0.15, 0.2) is 0 Å². The van der Waals surface area contributed by atoms with Crippen LogP contribution in [-0.2, 0) is 7.05 Å². The van der Waals surface area contributed by atoms with Crippen molar-refractivity contribution in [1.29, 1.82) is 0 Å². The average molecular weight is 233 g/mol. The van der Waals surface area contributed by atoms with Crippen molar-refractivity contribution in [2.75, 3.05) is 11.6 Å². The molecule has 0 aliphatic rings. The fourth-order valence-corrected chi connectivity index (χ4v) is 2.50. The van der Waals surface area contributed by atoms with E-state index >= 15 is 0 Å². The van der Waals surface area contributed by atoms with E-state index in [1.54, 1.807) is 0 Å². The number of unbranched alkanes of at least 4 members (excludes halogenated alkanes) is 2. The first kappa shape index (κ1) is 11.9. The van der Waals surface area contributed by atoms with Crippen molar-refractivity contribution >= 4 is 23.4 Å². The number of rotatable bonds is 6. The Morgan fingerprint density at radius 1 is 1.43 bits per heavy atom. The third kappa shape index (κ3) is 3.93. The standard InChI is InChI=1S/C10H17ClN2S/c1-9-8-10(13(2)12-9)14-7-5-3-4-6-11/h8H,3-7H2,1-2H3. The van der Waals surface area contributed by atoms with Gasteiger partial charge in [-0.05, 0) is 31.6 Å². The van der Waals surface area contributed by atoms with Crippen LogP contribution in [-0.4, -0.2) is 21.4 Å². The predicted octanol–water partition coefficient (Wildman–Crippen LogP) is 3.23. The number of halogens is 1. The van der Waals surface area contributed by atoms with Crippen molar-refractivity contribution in [2.45, 2.75) is 31.2 Å². The first-order chi connectivity index (χ1) is 6.74. The number of hydrogen-bond acceptors (Lipinski definition) is 2. The Morgan fingerprint density at radius 3 is 2.79 bits per heavy atom. The average Bonchev–Trinajstić information content (AvgIpc) is 2.45. The summed E-state index contributed by atoms with van der Waals surface area (Å²) in [4.78, 5) is 0. The van der Waals surface area contributed by atoms with Crippen LogP contribution in [0.25, 0.3) is 0 Å². The summed E-state index contributed by atoms with van der Waals surface area (Å²) >= 11 is 7.48. The smallest absolute Gasteiger partial charge is 0.0939 e. The molecule has 4 heteroatoms. The monoisotopic (exact) mass is 232 g/mol. The van der Waals surface area contributed by atoms with Crippen molar-refractivity contribution < 1.29 is 0 Å². The first-order valence-corrected chi connectivity index (χ1v) is 6.45. The molecule has 2 nitrogen and oxygen atoms in total. The Kier molecular flexibility index (Phi) is 5.41. The van der Waals surface area contributed by atoms with Crippen molar-refractivity contribution in [3.05, 3.63) is 11.8 Å². The normalized spacial score (nSPS) is 10.8. The quantitative estimate of drug-likeness (QED) is 0.426. The molecule has 0 radical (unpaired) electrons. The summed E-state index contributed by atoms with van der Waals surface area (Å²) in [5, 5.41) is 5.56. The molecule has 80 valence electrons. The van der Waals surface area contributed by atoms with Gasteiger partial charge < -0.3 is 0 Å². The summed E-state index contributed by atoms with van der Waals surface area (Å²) in [6.07, 6.45) is 3.60. The summed E-state index contributed by atoms with van der Waals surface area (Å²) in [5.74, 6) is 1.95. The Labute approximate surface area is 95.0 Å². The molecule has 0 aliphatic carbocycles. The minimum absolute atomic E-state index is 0.787. The second-order valence-electron chi connectivity index (χ2n) is 3.35. The maximum Gasteiger partial charge on any atom is 0.0939 e. The van der Waals surface area contributed by atoms with Gasteiger partial charge in [0.1, 0.15) is 0 Å². The largest absolute Gasteiger partial charge is 0.262 e. The second-order valence-corrected chi connectivity index (χ2v) is 4.84.